The molecule has 0 saturated heterocycles. The van der Waals surface area contributed by atoms with Gasteiger partial charge in [0.15, 0.2) is 0 Å². The van der Waals surface area contributed by atoms with Gasteiger partial charge in [0.25, 0.3) is 0 Å². The van der Waals surface area contributed by atoms with Crippen LogP contribution in [0.2, 0.25) is 0 Å². The van der Waals surface area contributed by atoms with Crippen molar-refractivity contribution in [3.63, 3.8) is 0 Å². The molecule has 1 atom stereocenters. The molecule has 5 nitrogen and oxygen atoms in total. The number of sulfonamides is 1. The van der Waals surface area contributed by atoms with E-state index in [0.717, 1.165) is 6.42 Å². The first-order valence-electron chi connectivity index (χ1n) is 7.29. The predicted molar refractivity (Wildman–Crippen MR) is 84.8 cm³/mol. The Kier molecular flexibility index (Phi) is 7.14. The van der Waals surface area contributed by atoms with Crippen LogP contribution in [0.4, 0.5) is 0 Å². The quantitative estimate of drug-likeness (QED) is 0.731. The lowest BCUT2D eigenvalue weighted by molar-refractivity contribution is 0.289. The summed E-state index contributed by atoms with van der Waals surface area (Å²) in [6.07, 6.45) is 1.58. The van der Waals surface area contributed by atoms with Gasteiger partial charge in [-0.3, -0.25) is 0 Å². The zero-order valence-corrected chi connectivity index (χ0v) is 13.8. The molecular formula is C15H26N2O3S. The van der Waals surface area contributed by atoms with Crippen molar-refractivity contribution < 1.29 is 13.2 Å². The highest BCUT2D eigenvalue weighted by atomic mass is 32.2. The van der Waals surface area contributed by atoms with E-state index in [2.05, 4.69) is 18.6 Å². The van der Waals surface area contributed by atoms with E-state index in [-0.39, 0.29) is 10.9 Å². The number of rotatable bonds is 9. The van der Waals surface area contributed by atoms with Gasteiger partial charge in [0.05, 0.1) is 11.5 Å². The van der Waals surface area contributed by atoms with Crippen LogP contribution in [-0.4, -0.2) is 27.6 Å². The standard InChI is InChI=1S/C15H26N2O3S/c1-12(2)9-11-20-14-4-6-15(7-5-14)21(18,19)17-10-8-13(3)16/h4-7,12-13,17H,8-11,16H2,1-3H3. The summed E-state index contributed by atoms with van der Waals surface area (Å²) >= 11 is 0. The van der Waals surface area contributed by atoms with Gasteiger partial charge in [-0.25, -0.2) is 13.1 Å². The molecule has 0 radical (unpaired) electrons. The highest BCUT2D eigenvalue weighted by Gasteiger charge is 2.13. The van der Waals surface area contributed by atoms with Crippen molar-refractivity contribution in [2.75, 3.05) is 13.2 Å². The summed E-state index contributed by atoms with van der Waals surface area (Å²) in [5.74, 6) is 1.27. The van der Waals surface area contributed by atoms with Gasteiger partial charge in [-0.2, -0.15) is 0 Å². The Balaban J connectivity index is 2.55. The van der Waals surface area contributed by atoms with Gasteiger partial charge in [0.1, 0.15) is 5.75 Å². The second kappa shape index (κ2) is 8.36. The Morgan fingerprint density at radius 1 is 1.14 bits per heavy atom. The fraction of sp³-hybridized carbons (Fsp3) is 0.600. The van der Waals surface area contributed by atoms with Crippen LogP contribution in [0.1, 0.15) is 33.6 Å². The molecular weight excluding hydrogens is 288 g/mol. The van der Waals surface area contributed by atoms with Gasteiger partial charge in [-0.15, -0.1) is 0 Å². The minimum Gasteiger partial charge on any atom is -0.494 e. The maximum atomic E-state index is 12.0. The third-order valence-electron chi connectivity index (χ3n) is 2.99. The zero-order valence-electron chi connectivity index (χ0n) is 13.0. The van der Waals surface area contributed by atoms with E-state index in [0.29, 0.717) is 31.2 Å². The second-order valence-corrected chi connectivity index (χ2v) is 7.43. The molecule has 21 heavy (non-hydrogen) atoms. The summed E-state index contributed by atoms with van der Waals surface area (Å²) in [6, 6.07) is 6.45. The first-order chi connectivity index (χ1) is 9.81. The Hall–Kier alpha value is -1.11. The molecule has 3 N–H and O–H groups in total. The Morgan fingerprint density at radius 3 is 2.29 bits per heavy atom. The van der Waals surface area contributed by atoms with Gasteiger partial charge >= 0.3 is 0 Å². The smallest absolute Gasteiger partial charge is 0.240 e. The van der Waals surface area contributed by atoms with E-state index in [9.17, 15) is 8.42 Å². The van der Waals surface area contributed by atoms with E-state index in [1.54, 1.807) is 24.3 Å². The first kappa shape index (κ1) is 17.9. The minimum absolute atomic E-state index is 0.0237. The minimum atomic E-state index is -3.47. The molecule has 1 rings (SSSR count). The number of hydrogen-bond acceptors (Lipinski definition) is 4. The largest absolute Gasteiger partial charge is 0.494 e. The van der Waals surface area contributed by atoms with Crippen molar-refractivity contribution in [3.8, 4) is 5.75 Å². The number of hydrogen-bond donors (Lipinski definition) is 2. The summed E-state index contributed by atoms with van der Waals surface area (Å²) in [5, 5.41) is 0. The van der Waals surface area contributed by atoms with Crippen molar-refractivity contribution in [2.45, 2.75) is 44.6 Å². The molecule has 0 aliphatic carbocycles. The molecule has 0 spiro atoms. The van der Waals surface area contributed by atoms with Crippen LogP contribution in [0.5, 0.6) is 5.75 Å². The number of benzene rings is 1. The van der Waals surface area contributed by atoms with Gasteiger partial charge in [0, 0.05) is 12.6 Å². The molecule has 0 heterocycles. The fourth-order valence-electron chi connectivity index (χ4n) is 1.63. The lowest BCUT2D eigenvalue weighted by Crippen LogP contribution is -2.29. The molecule has 6 heteroatoms. The van der Waals surface area contributed by atoms with Crippen LogP contribution in [0, 0.1) is 5.92 Å². The summed E-state index contributed by atoms with van der Waals surface area (Å²) in [4.78, 5) is 0.239. The third-order valence-corrected chi connectivity index (χ3v) is 4.47. The van der Waals surface area contributed by atoms with Crippen molar-refractivity contribution in [1.29, 1.82) is 0 Å². The molecule has 0 aromatic heterocycles. The molecule has 1 aromatic rings. The van der Waals surface area contributed by atoms with Crippen molar-refractivity contribution in [3.05, 3.63) is 24.3 Å². The second-order valence-electron chi connectivity index (χ2n) is 5.67. The molecule has 0 fully saturated rings. The monoisotopic (exact) mass is 314 g/mol. The maximum absolute atomic E-state index is 12.0. The normalized spacial score (nSPS) is 13.4. The Labute approximate surface area is 127 Å². The maximum Gasteiger partial charge on any atom is 0.240 e. The molecule has 0 saturated carbocycles. The lowest BCUT2D eigenvalue weighted by Gasteiger charge is -2.10. The number of nitrogens with two attached hydrogens (primary N) is 1. The zero-order chi connectivity index (χ0) is 15.9. The highest BCUT2D eigenvalue weighted by molar-refractivity contribution is 7.89. The van der Waals surface area contributed by atoms with Crippen LogP contribution in [0.3, 0.4) is 0 Å². The van der Waals surface area contributed by atoms with Crippen LogP contribution in [0.15, 0.2) is 29.2 Å². The van der Waals surface area contributed by atoms with E-state index in [4.69, 9.17) is 10.5 Å². The number of ether oxygens (including phenoxy) is 1. The van der Waals surface area contributed by atoms with Crippen LogP contribution in [-0.2, 0) is 10.0 Å². The molecule has 0 aliphatic heterocycles. The van der Waals surface area contributed by atoms with Gasteiger partial charge < -0.3 is 10.5 Å². The molecule has 0 aliphatic rings. The number of nitrogens with one attached hydrogen (secondary N) is 1. The fourth-order valence-corrected chi connectivity index (χ4v) is 2.68. The van der Waals surface area contributed by atoms with E-state index < -0.39 is 10.0 Å². The Morgan fingerprint density at radius 2 is 1.76 bits per heavy atom. The average molecular weight is 314 g/mol. The average Bonchev–Trinajstić information content (AvgIpc) is 2.38. The molecule has 1 aromatic carbocycles. The van der Waals surface area contributed by atoms with Gasteiger partial charge in [-0.1, -0.05) is 13.8 Å². The third kappa shape index (κ3) is 6.93. The summed E-state index contributed by atoms with van der Waals surface area (Å²) < 4.78 is 32.2. The predicted octanol–water partition coefficient (Wildman–Crippen LogP) is 2.13. The summed E-state index contributed by atoms with van der Waals surface area (Å²) in [7, 11) is -3.47. The van der Waals surface area contributed by atoms with Crippen molar-refractivity contribution in [1.82, 2.24) is 4.72 Å². The summed E-state index contributed by atoms with van der Waals surface area (Å²) in [5.41, 5.74) is 5.60. The Bertz CT molecular complexity index is 510. The van der Waals surface area contributed by atoms with E-state index in [1.165, 1.54) is 0 Å². The van der Waals surface area contributed by atoms with Crippen LogP contribution in [0.25, 0.3) is 0 Å². The molecule has 1 unspecified atom stereocenters. The highest BCUT2D eigenvalue weighted by Crippen LogP contribution is 2.16. The van der Waals surface area contributed by atoms with Crippen molar-refractivity contribution in [2.24, 2.45) is 11.7 Å². The molecule has 120 valence electrons. The molecule has 0 bridgehead atoms. The van der Waals surface area contributed by atoms with E-state index >= 15 is 0 Å². The van der Waals surface area contributed by atoms with Crippen LogP contribution >= 0.6 is 0 Å². The van der Waals surface area contributed by atoms with Gasteiger partial charge in [0.2, 0.25) is 10.0 Å². The van der Waals surface area contributed by atoms with Gasteiger partial charge in [-0.05, 0) is 49.9 Å². The van der Waals surface area contributed by atoms with Crippen molar-refractivity contribution >= 4 is 10.0 Å². The van der Waals surface area contributed by atoms with Crippen LogP contribution < -0.4 is 15.2 Å². The SMILES string of the molecule is CC(C)CCOc1ccc(S(=O)(=O)NCCC(C)N)cc1. The molecule has 0 amide bonds. The lowest BCUT2D eigenvalue weighted by atomic mass is 10.1. The van der Waals surface area contributed by atoms with E-state index in [1.807, 2.05) is 6.92 Å². The summed E-state index contributed by atoms with van der Waals surface area (Å²) in [6.45, 7) is 7.08. The first-order valence-corrected chi connectivity index (χ1v) is 8.77. The topological polar surface area (TPSA) is 81.4 Å².